The molecule has 0 saturated carbocycles. The number of aromatic nitrogens is 1. The highest BCUT2D eigenvalue weighted by Gasteiger charge is 2.19. The van der Waals surface area contributed by atoms with Crippen LogP contribution in [0.3, 0.4) is 0 Å². The van der Waals surface area contributed by atoms with Crippen molar-refractivity contribution in [3.63, 3.8) is 0 Å². The lowest BCUT2D eigenvalue weighted by molar-refractivity contribution is -0.111. The summed E-state index contributed by atoms with van der Waals surface area (Å²) in [5, 5.41) is 4.29. The van der Waals surface area contributed by atoms with Crippen molar-refractivity contribution in [2.75, 3.05) is 5.32 Å². The summed E-state index contributed by atoms with van der Waals surface area (Å²) in [6.07, 6.45) is 4.77. The zero-order chi connectivity index (χ0) is 18.8. The summed E-state index contributed by atoms with van der Waals surface area (Å²) in [7, 11) is 0. The van der Waals surface area contributed by atoms with E-state index in [1.165, 1.54) is 6.08 Å². The zero-order valence-electron chi connectivity index (χ0n) is 14.2. The lowest BCUT2D eigenvalue weighted by atomic mass is 10.1. The third kappa shape index (κ3) is 3.16. The van der Waals surface area contributed by atoms with Gasteiger partial charge >= 0.3 is 0 Å². The summed E-state index contributed by atoms with van der Waals surface area (Å²) in [4.78, 5) is 28.4. The fraction of sp³-hybridized carbons (Fsp3) is 0. The Labute approximate surface area is 154 Å². The van der Waals surface area contributed by atoms with Gasteiger partial charge in [0.15, 0.2) is 0 Å². The third-order valence-electron chi connectivity index (χ3n) is 4.15. The Hall–Kier alpha value is -3.93. The van der Waals surface area contributed by atoms with Gasteiger partial charge in [-0.15, -0.1) is 0 Å². The first-order chi connectivity index (χ1) is 13.1. The molecule has 0 spiro atoms. The molecule has 0 bridgehead atoms. The molecule has 0 atom stereocenters. The van der Waals surface area contributed by atoms with Gasteiger partial charge in [-0.1, -0.05) is 36.4 Å². The van der Waals surface area contributed by atoms with Crippen molar-refractivity contribution in [3.05, 3.63) is 78.2 Å². The van der Waals surface area contributed by atoms with E-state index in [0.29, 0.717) is 11.0 Å². The topological polar surface area (TPSA) is 98.2 Å². The molecule has 2 aromatic carbocycles. The number of anilines is 1. The van der Waals surface area contributed by atoms with Crippen LogP contribution in [0.2, 0.25) is 0 Å². The molecule has 0 fully saturated rings. The van der Waals surface area contributed by atoms with Crippen LogP contribution in [-0.2, 0) is 4.79 Å². The van der Waals surface area contributed by atoms with E-state index in [2.05, 4.69) is 10.3 Å². The van der Waals surface area contributed by atoms with Crippen molar-refractivity contribution in [3.8, 4) is 0 Å². The molecule has 6 nitrogen and oxygen atoms in total. The summed E-state index contributed by atoms with van der Waals surface area (Å²) < 4.78 is 5.46. The zero-order valence-corrected chi connectivity index (χ0v) is 14.2. The van der Waals surface area contributed by atoms with Crippen LogP contribution in [0.25, 0.3) is 27.9 Å². The van der Waals surface area contributed by atoms with E-state index in [4.69, 9.17) is 10.2 Å². The number of primary amides is 1. The number of amides is 2. The predicted molar refractivity (Wildman–Crippen MR) is 104 cm³/mol. The van der Waals surface area contributed by atoms with E-state index in [9.17, 15) is 9.59 Å². The Morgan fingerprint density at radius 3 is 2.70 bits per heavy atom. The maximum atomic E-state index is 12.4. The number of para-hydroxylation sites is 2. The number of hydrogen-bond acceptors (Lipinski definition) is 4. The van der Waals surface area contributed by atoms with Crippen LogP contribution in [-0.4, -0.2) is 16.8 Å². The second-order valence-electron chi connectivity index (χ2n) is 5.91. The highest BCUT2D eigenvalue weighted by atomic mass is 16.3. The number of nitrogens with two attached hydrogens (primary N) is 1. The van der Waals surface area contributed by atoms with Crippen molar-refractivity contribution < 1.29 is 14.0 Å². The van der Waals surface area contributed by atoms with E-state index in [1.54, 1.807) is 36.5 Å². The van der Waals surface area contributed by atoms with Gasteiger partial charge in [-0.2, -0.15) is 0 Å². The lowest BCUT2D eigenvalue weighted by Gasteiger charge is -2.03. The average Bonchev–Trinajstić information content (AvgIpc) is 3.05. The predicted octanol–water partition coefficient (Wildman–Crippen LogP) is 3.73. The first-order valence-electron chi connectivity index (χ1n) is 8.27. The van der Waals surface area contributed by atoms with E-state index in [0.717, 1.165) is 16.5 Å². The number of benzene rings is 2. The van der Waals surface area contributed by atoms with Crippen LogP contribution in [0, 0.1) is 0 Å². The molecule has 0 unspecified atom stereocenters. The van der Waals surface area contributed by atoms with E-state index < -0.39 is 11.8 Å². The fourth-order valence-electron chi connectivity index (χ4n) is 2.94. The van der Waals surface area contributed by atoms with Crippen LogP contribution in [0.15, 0.2) is 71.3 Å². The Bertz CT molecular complexity index is 1200. The van der Waals surface area contributed by atoms with Crippen molar-refractivity contribution >= 4 is 45.4 Å². The molecular weight excluding hydrogens is 342 g/mol. The molecule has 2 amide bonds. The molecule has 3 N–H and O–H groups in total. The van der Waals surface area contributed by atoms with Gasteiger partial charge in [0.1, 0.15) is 11.3 Å². The van der Waals surface area contributed by atoms with Gasteiger partial charge in [-0.05, 0) is 24.3 Å². The van der Waals surface area contributed by atoms with Crippen LogP contribution in [0.5, 0.6) is 0 Å². The average molecular weight is 357 g/mol. The lowest BCUT2D eigenvalue weighted by Crippen LogP contribution is -2.15. The van der Waals surface area contributed by atoms with E-state index >= 15 is 0 Å². The second kappa shape index (κ2) is 6.76. The SMILES string of the molecule is NC(=O)c1oc2ccccc2c1NC(=O)/C=C/c1cccc2cccnc12. The van der Waals surface area contributed by atoms with Gasteiger partial charge < -0.3 is 15.5 Å². The Morgan fingerprint density at radius 1 is 1.04 bits per heavy atom. The monoisotopic (exact) mass is 357 g/mol. The highest BCUT2D eigenvalue weighted by molar-refractivity contribution is 6.13. The van der Waals surface area contributed by atoms with Gasteiger partial charge in [0.05, 0.1) is 5.52 Å². The Balaban J connectivity index is 1.65. The van der Waals surface area contributed by atoms with Crippen molar-refractivity contribution in [2.24, 2.45) is 5.73 Å². The Morgan fingerprint density at radius 2 is 1.85 bits per heavy atom. The third-order valence-corrected chi connectivity index (χ3v) is 4.15. The van der Waals surface area contributed by atoms with Crippen LogP contribution in [0.4, 0.5) is 5.69 Å². The number of carbonyl (C=O) groups excluding carboxylic acids is 2. The summed E-state index contributed by atoms with van der Waals surface area (Å²) in [5.41, 5.74) is 7.73. The number of fused-ring (bicyclic) bond motifs is 2. The minimum Gasteiger partial charge on any atom is -0.449 e. The summed E-state index contributed by atoms with van der Waals surface area (Å²) in [5.74, 6) is -1.23. The molecule has 4 rings (SSSR count). The molecule has 2 heterocycles. The number of nitrogens with one attached hydrogen (secondary N) is 1. The van der Waals surface area contributed by atoms with Gasteiger partial charge in [-0.25, -0.2) is 0 Å². The number of pyridine rings is 1. The van der Waals surface area contributed by atoms with Crippen LogP contribution in [0.1, 0.15) is 16.1 Å². The summed E-state index contributed by atoms with van der Waals surface area (Å²) in [6.45, 7) is 0. The maximum Gasteiger partial charge on any atom is 0.286 e. The van der Waals surface area contributed by atoms with Gasteiger partial charge in [0.25, 0.3) is 5.91 Å². The number of carbonyl (C=O) groups is 2. The molecule has 0 saturated heterocycles. The molecule has 0 aliphatic heterocycles. The smallest absolute Gasteiger partial charge is 0.286 e. The van der Waals surface area contributed by atoms with Gasteiger partial charge in [0, 0.05) is 28.6 Å². The number of nitrogens with zero attached hydrogens (tertiary/aromatic N) is 1. The van der Waals surface area contributed by atoms with E-state index in [1.807, 2.05) is 30.3 Å². The molecular formula is C21H15N3O3. The number of hydrogen-bond donors (Lipinski definition) is 2. The normalized spacial score (nSPS) is 11.3. The molecule has 0 aliphatic rings. The first kappa shape index (κ1) is 16.5. The van der Waals surface area contributed by atoms with Crippen LogP contribution < -0.4 is 11.1 Å². The van der Waals surface area contributed by atoms with Crippen molar-refractivity contribution in [2.45, 2.75) is 0 Å². The molecule has 0 radical (unpaired) electrons. The molecule has 4 aromatic rings. The van der Waals surface area contributed by atoms with E-state index in [-0.39, 0.29) is 11.4 Å². The number of furan rings is 1. The standard InChI is InChI=1S/C21H15N3O3/c22-21(26)20-19(15-8-1-2-9-16(15)27-20)24-17(25)11-10-14-6-3-5-13-7-4-12-23-18(13)14/h1-12H,(H2,22,26)(H,24,25)/b11-10+. The molecule has 6 heteroatoms. The molecule has 132 valence electrons. The Kier molecular flexibility index (Phi) is 4.14. The first-order valence-corrected chi connectivity index (χ1v) is 8.27. The van der Waals surface area contributed by atoms with Gasteiger partial charge in [-0.3, -0.25) is 14.6 Å². The quantitative estimate of drug-likeness (QED) is 0.544. The number of rotatable bonds is 4. The molecule has 27 heavy (non-hydrogen) atoms. The molecule has 0 aliphatic carbocycles. The fourth-order valence-corrected chi connectivity index (χ4v) is 2.94. The highest BCUT2D eigenvalue weighted by Crippen LogP contribution is 2.30. The minimum atomic E-state index is -0.747. The van der Waals surface area contributed by atoms with Crippen molar-refractivity contribution in [1.82, 2.24) is 4.98 Å². The molecule has 2 aromatic heterocycles. The van der Waals surface area contributed by atoms with Crippen molar-refractivity contribution in [1.29, 1.82) is 0 Å². The largest absolute Gasteiger partial charge is 0.449 e. The minimum absolute atomic E-state index is 0.0789. The summed E-state index contributed by atoms with van der Waals surface area (Å²) >= 11 is 0. The summed E-state index contributed by atoms with van der Waals surface area (Å²) in [6, 6.07) is 16.6. The van der Waals surface area contributed by atoms with Gasteiger partial charge in [0.2, 0.25) is 11.7 Å². The maximum absolute atomic E-state index is 12.4. The second-order valence-corrected chi connectivity index (χ2v) is 5.91. The van der Waals surface area contributed by atoms with Crippen LogP contribution >= 0.6 is 0 Å².